The van der Waals surface area contributed by atoms with Crippen LogP contribution in [0, 0.1) is 0 Å². The summed E-state index contributed by atoms with van der Waals surface area (Å²) < 4.78 is 11.1. The molecule has 0 bridgehead atoms. The van der Waals surface area contributed by atoms with Gasteiger partial charge in [-0.1, -0.05) is 13.8 Å². The molecule has 0 heterocycles. The molecule has 0 radical (unpaired) electrons. The molecule has 1 N–H and O–H groups in total. The summed E-state index contributed by atoms with van der Waals surface area (Å²) in [6.07, 6.45) is 0. The molecule has 102 valence electrons. The molecule has 0 aromatic heterocycles. The van der Waals surface area contributed by atoms with Gasteiger partial charge in [-0.05, 0) is 25.2 Å². The first-order valence-corrected chi connectivity index (χ1v) is 6.46. The number of nitrogens with zero attached hydrogens (tertiary/aromatic N) is 1. The minimum absolute atomic E-state index is 0.678. The molecule has 1 aromatic rings. The van der Waals surface area contributed by atoms with Crippen molar-refractivity contribution in [2.45, 2.75) is 13.8 Å². The summed E-state index contributed by atoms with van der Waals surface area (Å²) in [4.78, 5) is 2.33. The van der Waals surface area contributed by atoms with Crippen LogP contribution in [0.1, 0.15) is 13.8 Å². The van der Waals surface area contributed by atoms with Crippen molar-refractivity contribution in [3.8, 4) is 11.5 Å². The van der Waals surface area contributed by atoms with E-state index in [1.807, 2.05) is 25.2 Å². The molecule has 0 aliphatic carbocycles. The molecule has 18 heavy (non-hydrogen) atoms. The van der Waals surface area contributed by atoms with Gasteiger partial charge < -0.3 is 19.7 Å². The third-order valence-electron chi connectivity index (χ3n) is 3.01. The van der Waals surface area contributed by atoms with Gasteiger partial charge in [0.1, 0.15) is 6.61 Å². The molecule has 0 aliphatic rings. The summed E-state index contributed by atoms with van der Waals surface area (Å²) in [5, 5.41) is 3.08. The second-order valence-corrected chi connectivity index (χ2v) is 3.99. The van der Waals surface area contributed by atoms with E-state index in [2.05, 4.69) is 24.1 Å². The van der Waals surface area contributed by atoms with Crippen LogP contribution in [-0.2, 0) is 0 Å². The van der Waals surface area contributed by atoms with Crippen molar-refractivity contribution >= 4 is 5.69 Å². The van der Waals surface area contributed by atoms with Crippen molar-refractivity contribution in [1.29, 1.82) is 0 Å². The van der Waals surface area contributed by atoms with E-state index in [1.54, 1.807) is 7.11 Å². The van der Waals surface area contributed by atoms with Crippen LogP contribution in [0.5, 0.6) is 11.5 Å². The summed E-state index contributed by atoms with van der Waals surface area (Å²) in [5.41, 5.74) is 1.02. The normalized spacial score (nSPS) is 10.5. The Kier molecular flexibility index (Phi) is 6.36. The number of methoxy groups -OCH3 is 1. The Bertz CT molecular complexity index is 352. The SMILES string of the molecule is CCN(CC)CCOc1ccc(NC)cc1OC. The predicted molar refractivity (Wildman–Crippen MR) is 75.8 cm³/mol. The van der Waals surface area contributed by atoms with Gasteiger partial charge in [-0.15, -0.1) is 0 Å². The molecule has 0 amide bonds. The smallest absolute Gasteiger partial charge is 0.162 e. The number of benzene rings is 1. The molecule has 0 unspecified atom stereocenters. The lowest BCUT2D eigenvalue weighted by molar-refractivity contribution is 0.217. The average molecular weight is 252 g/mol. The van der Waals surface area contributed by atoms with Gasteiger partial charge in [0.25, 0.3) is 0 Å². The van der Waals surface area contributed by atoms with Gasteiger partial charge in [-0.2, -0.15) is 0 Å². The Balaban J connectivity index is 2.56. The number of ether oxygens (including phenoxy) is 2. The molecule has 0 spiro atoms. The van der Waals surface area contributed by atoms with Crippen molar-refractivity contribution in [3.05, 3.63) is 18.2 Å². The average Bonchev–Trinajstić information content (AvgIpc) is 2.43. The fraction of sp³-hybridized carbons (Fsp3) is 0.571. The molecule has 1 aromatic carbocycles. The standard InChI is InChI=1S/C14H24N2O2/c1-5-16(6-2)9-10-18-13-8-7-12(15-3)11-14(13)17-4/h7-8,11,15H,5-6,9-10H2,1-4H3. The van der Waals surface area contributed by atoms with Gasteiger partial charge in [0.05, 0.1) is 7.11 Å². The Morgan fingerprint density at radius 3 is 2.44 bits per heavy atom. The second-order valence-electron chi connectivity index (χ2n) is 3.99. The molecular weight excluding hydrogens is 228 g/mol. The van der Waals surface area contributed by atoms with Crippen molar-refractivity contribution in [1.82, 2.24) is 4.90 Å². The fourth-order valence-electron chi connectivity index (χ4n) is 1.77. The van der Waals surface area contributed by atoms with Gasteiger partial charge in [-0.3, -0.25) is 0 Å². The van der Waals surface area contributed by atoms with Gasteiger partial charge in [0.2, 0.25) is 0 Å². The third-order valence-corrected chi connectivity index (χ3v) is 3.01. The topological polar surface area (TPSA) is 33.7 Å². The zero-order valence-electron chi connectivity index (χ0n) is 11.8. The highest BCUT2D eigenvalue weighted by molar-refractivity contribution is 5.54. The first kappa shape index (κ1) is 14.6. The van der Waals surface area contributed by atoms with Crippen molar-refractivity contribution < 1.29 is 9.47 Å². The summed E-state index contributed by atoms with van der Waals surface area (Å²) in [6, 6.07) is 5.86. The second kappa shape index (κ2) is 7.82. The lowest BCUT2D eigenvalue weighted by atomic mass is 10.3. The highest BCUT2D eigenvalue weighted by atomic mass is 16.5. The van der Waals surface area contributed by atoms with Gasteiger partial charge >= 0.3 is 0 Å². The van der Waals surface area contributed by atoms with Crippen molar-refractivity contribution in [2.24, 2.45) is 0 Å². The monoisotopic (exact) mass is 252 g/mol. The van der Waals surface area contributed by atoms with Crippen molar-refractivity contribution in [3.63, 3.8) is 0 Å². The first-order valence-electron chi connectivity index (χ1n) is 6.46. The minimum atomic E-state index is 0.678. The fourth-order valence-corrected chi connectivity index (χ4v) is 1.77. The highest BCUT2D eigenvalue weighted by Crippen LogP contribution is 2.29. The maximum Gasteiger partial charge on any atom is 0.162 e. The number of rotatable bonds is 8. The van der Waals surface area contributed by atoms with Crippen molar-refractivity contribution in [2.75, 3.05) is 45.7 Å². The van der Waals surface area contributed by atoms with E-state index < -0.39 is 0 Å². The van der Waals surface area contributed by atoms with Gasteiger partial charge in [0, 0.05) is 25.3 Å². The number of hydrogen-bond donors (Lipinski definition) is 1. The van der Waals surface area contributed by atoms with Crippen LogP contribution in [0.4, 0.5) is 5.69 Å². The van der Waals surface area contributed by atoms with E-state index in [0.717, 1.165) is 36.8 Å². The van der Waals surface area contributed by atoms with E-state index in [4.69, 9.17) is 9.47 Å². The Morgan fingerprint density at radius 1 is 1.17 bits per heavy atom. The molecule has 4 heteroatoms. The number of hydrogen-bond acceptors (Lipinski definition) is 4. The number of anilines is 1. The Hall–Kier alpha value is -1.42. The van der Waals surface area contributed by atoms with E-state index >= 15 is 0 Å². The summed E-state index contributed by atoms with van der Waals surface area (Å²) in [7, 11) is 3.54. The van der Waals surface area contributed by atoms with Gasteiger partial charge in [0.15, 0.2) is 11.5 Å². The first-order chi connectivity index (χ1) is 8.74. The summed E-state index contributed by atoms with van der Waals surface area (Å²) >= 11 is 0. The van der Waals surface area contributed by atoms with E-state index in [1.165, 1.54) is 0 Å². The Labute approximate surface area is 110 Å². The molecule has 0 saturated carbocycles. The largest absolute Gasteiger partial charge is 0.493 e. The van der Waals surface area contributed by atoms with E-state index in [9.17, 15) is 0 Å². The molecule has 0 saturated heterocycles. The highest BCUT2D eigenvalue weighted by Gasteiger charge is 2.06. The molecular formula is C14H24N2O2. The van der Waals surface area contributed by atoms with Crippen LogP contribution < -0.4 is 14.8 Å². The van der Waals surface area contributed by atoms with E-state index in [-0.39, 0.29) is 0 Å². The number of nitrogens with one attached hydrogen (secondary N) is 1. The molecule has 4 nitrogen and oxygen atoms in total. The van der Waals surface area contributed by atoms with Crippen LogP contribution in [0.15, 0.2) is 18.2 Å². The molecule has 0 aliphatic heterocycles. The Morgan fingerprint density at radius 2 is 1.89 bits per heavy atom. The molecule has 1 rings (SSSR count). The lowest BCUT2D eigenvalue weighted by Gasteiger charge is -2.18. The summed E-state index contributed by atoms with van der Waals surface area (Å²) in [6.45, 7) is 8.03. The van der Waals surface area contributed by atoms with Crippen LogP contribution >= 0.6 is 0 Å². The lowest BCUT2D eigenvalue weighted by Crippen LogP contribution is -2.27. The van der Waals surface area contributed by atoms with Crippen LogP contribution in [-0.4, -0.2) is 45.3 Å². The maximum absolute atomic E-state index is 5.77. The minimum Gasteiger partial charge on any atom is -0.493 e. The maximum atomic E-state index is 5.77. The quantitative estimate of drug-likeness (QED) is 0.770. The third kappa shape index (κ3) is 4.11. The molecule has 0 fully saturated rings. The number of likely N-dealkylation sites (N-methyl/N-ethyl adjacent to an activating group) is 1. The predicted octanol–water partition coefficient (Wildman–Crippen LogP) is 2.46. The van der Waals surface area contributed by atoms with Gasteiger partial charge in [-0.25, -0.2) is 0 Å². The zero-order valence-corrected chi connectivity index (χ0v) is 11.8. The van der Waals surface area contributed by atoms with Crippen LogP contribution in [0.25, 0.3) is 0 Å². The van der Waals surface area contributed by atoms with Crippen LogP contribution in [0.3, 0.4) is 0 Å². The summed E-state index contributed by atoms with van der Waals surface area (Å²) in [5.74, 6) is 1.56. The van der Waals surface area contributed by atoms with Crippen LogP contribution in [0.2, 0.25) is 0 Å². The van der Waals surface area contributed by atoms with E-state index in [0.29, 0.717) is 6.61 Å². The molecule has 0 atom stereocenters. The zero-order chi connectivity index (χ0) is 13.4.